The number of hydrogen-bond donors (Lipinski definition) is 1. The second kappa shape index (κ2) is 6.01. The van der Waals surface area contributed by atoms with E-state index in [-0.39, 0.29) is 18.0 Å². The standard InChI is InChI=1S/C12H18N2O5/c1-14(6-8-3-2-4-18-7-8)11(15)10-5-9(12(16)17)13-19-10/h8,10H,2-7H2,1H3,(H,16,17). The molecule has 2 aliphatic heterocycles. The molecule has 0 aliphatic carbocycles. The minimum absolute atomic E-state index is 0.0275. The Bertz CT molecular complexity index is 390. The van der Waals surface area contributed by atoms with Crippen molar-refractivity contribution >= 4 is 17.6 Å². The molecule has 1 fully saturated rings. The lowest BCUT2D eigenvalue weighted by Crippen LogP contribution is -2.41. The van der Waals surface area contributed by atoms with Gasteiger partial charge in [0.05, 0.1) is 6.61 Å². The first kappa shape index (κ1) is 13.8. The van der Waals surface area contributed by atoms with Gasteiger partial charge in [0.25, 0.3) is 5.91 Å². The van der Waals surface area contributed by atoms with Crippen LogP contribution in [0.2, 0.25) is 0 Å². The zero-order valence-electron chi connectivity index (χ0n) is 10.9. The zero-order chi connectivity index (χ0) is 13.8. The first-order chi connectivity index (χ1) is 9.08. The molecule has 19 heavy (non-hydrogen) atoms. The van der Waals surface area contributed by atoms with E-state index in [1.807, 2.05) is 0 Å². The number of hydrogen-bond acceptors (Lipinski definition) is 5. The van der Waals surface area contributed by atoms with Crippen molar-refractivity contribution in [3.63, 3.8) is 0 Å². The average Bonchev–Trinajstić information content (AvgIpc) is 2.88. The zero-order valence-corrected chi connectivity index (χ0v) is 10.9. The number of carboxylic acid groups (broad SMARTS) is 1. The highest BCUT2D eigenvalue weighted by atomic mass is 16.6. The van der Waals surface area contributed by atoms with Gasteiger partial charge in [-0.3, -0.25) is 4.79 Å². The molecule has 2 heterocycles. The smallest absolute Gasteiger partial charge is 0.353 e. The predicted molar refractivity (Wildman–Crippen MR) is 65.7 cm³/mol. The maximum Gasteiger partial charge on any atom is 0.353 e. The molecule has 0 spiro atoms. The quantitative estimate of drug-likeness (QED) is 0.782. The maximum atomic E-state index is 12.1. The van der Waals surface area contributed by atoms with Gasteiger partial charge in [-0.1, -0.05) is 5.16 Å². The molecule has 0 saturated carbocycles. The summed E-state index contributed by atoms with van der Waals surface area (Å²) in [6.45, 7) is 2.05. The fourth-order valence-electron chi connectivity index (χ4n) is 2.31. The van der Waals surface area contributed by atoms with Crippen molar-refractivity contribution in [3.05, 3.63) is 0 Å². The van der Waals surface area contributed by atoms with Crippen LogP contribution in [-0.4, -0.2) is 60.5 Å². The molecular weight excluding hydrogens is 252 g/mol. The number of likely N-dealkylation sites (N-methyl/N-ethyl adjacent to an activating group) is 1. The number of carboxylic acids is 1. The van der Waals surface area contributed by atoms with E-state index >= 15 is 0 Å². The van der Waals surface area contributed by atoms with Crippen LogP contribution in [0, 0.1) is 5.92 Å². The molecule has 2 atom stereocenters. The molecule has 0 aromatic carbocycles. The summed E-state index contributed by atoms with van der Waals surface area (Å²) in [6, 6.07) is 0. The normalized spacial score (nSPS) is 26.5. The van der Waals surface area contributed by atoms with Gasteiger partial charge in [-0.25, -0.2) is 4.79 Å². The van der Waals surface area contributed by atoms with Crippen LogP contribution in [0.5, 0.6) is 0 Å². The third-order valence-electron chi connectivity index (χ3n) is 3.35. The summed E-state index contributed by atoms with van der Waals surface area (Å²) in [7, 11) is 1.69. The average molecular weight is 270 g/mol. The summed E-state index contributed by atoms with van der Waals surface area (Å²) in [5, 5.41) is 12.2. The second-order valence-corrected chi connectivity index (χ2v) is 4.94. The van der Waals surface area contributed by atoms with Crippen LogP contribution in [0.25, 0.3) is 0 Å². The Hall–Kier alpha value is -1.63. The Morgan fingerprint density at radius 2 is 2.32 bits per heavy atom. The molecule has 0 aromatic rings. The minimum atomic E-state index is -1.14. The number of amides is 1. The molecule has 2 rings (SSSR count). The summed E-state index contributed by atoms with van der Waals surface area (Å²) in [5.41, 5.74) is -0.104. The molecule has 0 aromatic heterocycles. The summed E-state index contributed by atoms with van der Waals surface area (Å²) in [5.74, 6) is -1.03. The van der Waals surface area contributed by atoms with Crippen molar-refractivity contribution in [2.45, 2.75) is 25.4 Å². The summed E-state index contributed by atoms with van der Waals surface area (Å²) >= 11 is 0. The molecule has 1 amide bonds. The summed E-state index contributed by atoms with van der Waals surface area (Å²) in [6.07, 6.45) is 1.28. The van der Waals surface area contributed by atoms with Gasteiger partial charge in [-0.05, 0) is 18.8 Å². The molecule has 1 saturated heterocycles. The molecule has 2 unspecified atom stereocenters. The van der Waals surface area contributed by atoms with Crippen LogP contribution in [0.1, 0.15) is 19.3 Å². The van der Waals surface area contributed by atoms with E-state index in [2.05, 4.69) is 5.16 Å². The van der Waals surface area contributed by atoms with Crippen LogP contribution in [0.15, 0.2) is 5.16 Å². The van der Waals surface area contributed by atoms with Gasteiger partial charge in [0.2, 0.25) is 6.10 Å². The van der Waals surface area contributed by atoms with Crippen molar-refractivity contribution in [2.75, 3.05) is 26.8 Å². The van der Waals surface area contributed by atoms with E-state index in [0.717, 1.165) is 19.4 Å². The molecule has 7 heteroatoms. The van der Waals surface area contributed by atoms with E-state index in [9.17, 15) is 9.59 Å². The number of oxime groups is 1. The van der Waals surface area contributed by atoms with Crippen LogP contribution in [0.4, 0.5) is 0 Å². The lowest BCUT2D eigenvalue weighted by atomic mass is 10.0. The highest BCUT2D eigenvalue weighted by Gasteiger charge is 2.34. The number of ether oxygens (including phenoxy) is 1. The largest absolute Gasteiger partial charge is 0.477 e. The highest BCUT2D eigenvalue weighted by molar-refractivity contribution is 6.36. The van der Waals surface area contributed by atoms with Crippen molar-refractivity contribution in [1.82, 2.24) is 4.90 Å². The lowest BCUT2D eigenvalue weighted by Gasteiger charge is -2.28. The Kier molecular flexibility index (Phi) is 4.36. The monoisotopic (exact) mass is 270 g/mol. The van der Waals surface area contributed by atoms with Crippen molar-refractivity contribution in [3.8, 4) is 0 Å². The number of nitrogens with zero attached hydrogens (tertiary/aromatic N) is 2. The van der Waals surface area contributed by atoms with Crippen LogP contribution >= 0.6 is 0 Å². The number of aliphatic carboxylic acids is 1. The van der Waals surface area contributed by atoms with Crippen molar-refractivity contribution in [1.29, 1.82) is 0 Å². The summed E-state index contributed by atoms with van der Waals surface area (Å²) < 4.78 is 5.37. The molecule has 1 N–H and O–H groups in total. The van der Waals surface area contributed by atoms with E-state index in [4.69, 9.17) is 14.7 Å². The van der Waals surface area contributed by atoms with Crippen LogP contribution in [0.3, 0.4) is 0 Å². The van der Waals surface area contributed by atoms with E-state index in [1.165, 1.54) is 0 Å². The van der Waals surface area contributed by atoms with Gasteiger partial charge in [-0.15, -0.1) is 0 Å². The molecule has 7 nitrogen and oxygen atoms in total. The fourth-order valence-corrected chi connectivity index (χ4v) is 2.31. The predicted octanol–water partition coefficient (Wildman–Crippen LogP) is 0.101. The van der Waals surface area contributed by atoms with Gasteiger partial charge in [0, 0.05) is 26.6 Å². The fraction of sp³-hybridized carbons (Fsp3) is 0.750. The van der Waals surface area contributed by atoms with Gasteiger partial charge < -0.3 is 19.6 Å². The Morgan fingerprint density at radius 3 is 2.89 bits per heavy atom. The number of rotatable bonds is 4. The first-order valence-electron chi connectivity index (χ1n) is 6.36. The molecule has 0 bridgehead atoms. The summed E-state index contributed by atoms with van der Waals surface area (Å²) in [4.78, 5) is 29.2. The topological polar surface area (TPSA) is 88.4 Å². The van der Waals surface area contributed by atoms with E-state index in [0.29, 0.717) is 19.1 Å². The molecule has 0 radical (unpaired) electrons. The second-order valence-electron chi connectivity index (χ2n) is 4.94. The van der Waals surface area contributed by atoms with E-state index < -0.39 is 12.1 Å². The van der Waals surface area contributed by atoms with Crippen LogP contribution in [-0.2, 0) is 19.2 Å². The Morgan fingerprint density at radius 1 is 1.53 bits per heavy atom. The van der Waals surface area contributed by atoms with Gasteiger partial charge in [0.1, 0.15) is 0 Å². The number of carbonyl (C=O) groups excluding carboxylic acids is 1. The van der Waals surface area contributed by atoms with Gasteiger partial charge in [0.15, 0.2) is 5.71 Å². The third kappa shape index (κ3) is 3.44. The van der Waals surface area contributed by atoms with Gasteiger partial charge >= 0.3 is 5.97 Å². The van der Waals surface area contributed by atoms with Crippen LogP contribution < -0.4 is 0 Å². The SMILES string of the molecule is CN(CC1CCCOC1)C(=O)C1CC(C(=O)O)=NO1. The minimum Gasteiger partial charge on any atom is -0.477 e. The highest BCUT2D eigenvalue weighted by Crippen LogP contribution is 2.17. The first-order valence-corrected chi connectivity index (χ1v) is 6.36. The Labute approximate surface area is 111 Å². The maximum absolute atomic E-state index is 12.1. The Balaban J connectivity index is 1.81. The third-order valence-corrected chi connectivity index (χ3v) is 3.35. The molecular formula is C12H18N2O5. The molecule has 106 valence electrons. The van der Waals surface area contributed by atoms with E-state index in [1.54, 1.807) is 11.9 Å². The lowest BCUT2D eigenvalue weighted by molar-refractivity contribution is -0.141. The van der Waals surface area contributed by atoms with Crippen molar-refractivity contribution in [2.24, 2.45) is 11.1 Å². The number of carbonyl (C=O) groups is 2. The van der Waals surface area contributed by atoms with Gasteiger partial charge in [-0.2, -0.15) is 0 Å². The van der Waals surface area contributed by atoms with Crippen molar-refractivity contribution < 1.29 is 24.3 Å². The molecule has 2 aliphatic rings.